The smallest absolute Gasteiger partial charge is 0.0662 e. The molecule has 1 rings (SSSR count). The highest BCUT2D eigenvalue weighted by atomic mass is 16.5. The Hall–Kier alpha value is -1.00. The van der Waals surface area contributed by atoms with Crippen LogP contribution in [-0.2, 0) is 4.74 Å². The largest absolute Gasteiger partial charge is 0.380 e. The van der Waals surface area contributed by atoms with Crippen LogP contribution in [0.1, 0.15) is 43.3 Å². The summed E-state index contributed by atoms with van der Waals surface area (Å²) < 4.78 is 5.53. The monoisotopic (exact) mass is 237 g/mol. The molecule has 0 aliphatic heterocycles. The number of aromatic nitrogens is 2. The molecular weight excluding hydrogens is 214 g/mol. The molecule has 0 bridgehead atoms. The average Bonchev–Trinajstić information content (AvgIpc) is 2.33. The number of nitrogens with zero attached hydrogens (tertiary/aromatic N) is 2. The zero-order valence-electron chi connectivity index (χ0n) is 11.3. The SMILES string of the molecule is CCCNC(COCC)c1cc(C)nnc1C. The Morgan fingerprint density at radius 2 is 2.06 bits per heavy atom. The molecule has 0 fully saturated rings. The van der Waals surface area contributed by atoms with Gasteiger partial charge in [0.2, 0.25) is 0 Å². The number of rotatable bonds is 7. The average molecular weight is 237 g/mol. The summed E-state index contributed by atoms with van der Waals surface area (Å²) >= 11 is 0. The number of aryl methyl sites for hydroxylation is 2. The molecule has 1 atom stereocenters. The molecule has 0 aromatic carbocycles. The lowest BCUT2D eigenvalue weighted by Gasteiger charge is -2.20. The second kappa shape index (κ2) is 7.35. The Balaban J connectivity index is 2.82. The van der Waals surface area contributed by atoms with Gasteiger partial charge in [0.15, 0.2) is 0 Å². The molecule has 4 nitrogen and oxygen atoms in total. The molecule has 1 aromatic heterocycles. The Morgan fingerprint density at radius 1 is 1.29 bits per heavy atom. The van der Waals surface area contributed by atoms with E-state index >= 15 is 0 Å². The van der Waals surface area contributed by atoms with Crippen LogP contribution in [0.4, 0.5) is 0 Å². The first-order chi connectivity index (χ1) is 8.19. The Labute approximate surface area is 104 Å². The van der Waals surface area contributed by atoms with Crippen molar-refractivity contribution in [3.05, 3.63) is 23.0 Å². The van der Waals surface area contributed by atoms with E-state index in [1.165, 1.54) is 5.56 Å². The highest BCUT2D eigenvalue weighted by molar-refractivity contribution is 5.23. The first-order valence-corrected chi connectivity index (χ1v) is 6.31. The van der Waals surface area contributed by atoms with Crippen LogP contribution in [0.2, 0.25) is 0 Å². The molecule has 0 aliphatic carbocycles. The van der Waals surface area contributed by atoms with Crippen molar-refractivity contribution in [1.82, 2.24) is 15.5 Å². The summed E-state index contributed by atoms with van der Waals surface area (Å²) in [5.74, 6) is 0. The number of hydrogen-bond donors (Lipinski definition) is 1. The van der Waals surface area contributed by atoms with E-state index in [-0.39, 0.29) is 6.04 Å². The topological polar surface area (TPSA) is 47.0 Å². The van der Waals surface area contributed by atoms with Gasteiger partial charge < -0.3 is 10.1 Å². The molecule has 0 saturated carbocycles. The molecule has 4 heteroatoms. The van der Waals surface area contributed by atoms with Gasteiger partial charge >= 0.3 is 0 Å². The van der Waals surface area contributed by atoms with Crippen LogP contribution in [0.3, 0.4) is 0 Å². The van der Waals surface area contributed by atoms with Gasteiger partial charge in [0.1, 0.15) is 0 Å². The normalized spacial score (nSPS) is 12.7. The third-order valence-electron chi connectivity index (χ3n) is 2.64. The highest BCUT2D eigenvalue weighted by Crippen LogP contribution is 2.16. The van der Waals surface area contributed by atoms with Crippen molar-refractivity contribution in [1.29, 1.82) is 0 Å². The van der Waals surface area contributed by atoms with Crippen molar-refractivity contribution < 1.29 is 4.74 Å². The summed E-state index contributed by atoms with van der Waals surface area (Å²) in [6.45, 7) is 10.5. The van der Waals surface area contributed by atoms with Crippen LogP contribution in [0.15, 0.2) is 6.07 Å². The second-order valence-corrected chi connectivity index (χ2v) is 4.19. The third-order valence-corrected chi connectivity index (χ3v) is 2.64. The first-order valence-electron chi connectivity index (χ1n) is 6.31. The molecule has 96 valence electrons. The number of hydrogen-bond acceptors (Lipinski definition) is 4. The quantitative estimate of drug-likeness (QED) is 0.789. The van der Waals surface area contributed by atoms with Crippen LogP contribution in [0, 0.1) is 13.8 Å². The van der Waals surface area contributed by atoms with Gasteiger partial charge in [-0.3, -0.25) is 0 Å². The zero-order valence-corrected chi connectivity index (χ0v) is 11.3. The summed E-state index contributed by atoms with van der Waals surface area (Å²) in [5.41, 5.74) is 3.12. The molecule has 1 N–H and O–H groups in total. The van der Waals surface area contributed by atoms with Gasteiger partial charge in [0, 0.05) is 6.61 Å². The highest BCUT2D eigenvalue weighted by Gasteiger charge is 2.14. The molecule has 17 heavy (non-hydrogen) atoms. The molecule has 0 aliphatic rings. The van der Waals surface area contributed by atoms with E-state index < -0.39 is 0 Å². The number of ether oxygens (including phenoxy) is 1. The molecule has 0 saturated heterocycles. The van der Waals surface area contributed by atoms with Crippen LogP contribution < -0.4 is 5.32 Å². The fraction of sp³-hybridized carbons (Fsp3) is 0.692. The summed E-state index contributed by atoms with van der Waals surface area (Å²) in [6.07, 6.45) is 1.11. The van der Waals surface area contributed by atoms with Gasteiger partial charge in [-0.15, -0.1) is 0 Å². The van der Waals surface area contributed by atoms with Crippen LogP contribution in [0.25, 0.3) is 0 Å². The predicted molar refractivity (Wildman–Crippen MR) is 69.0 cm³/mol. The van der Waals surface area contributed by atoms with Crippen molar-refractivity contribution in [3.8, 4) is 0 Å². The van der Waals surface area contributed by atoms with Crippen LogP contribution in [-0.4, -0.2) is 30.0 Å². The van der Waals surface area contributed by atoms with E-state index in [1.807, 2.05) is 20.8 Å². The molecule has 1 heterocycles. The Bertz CT molecular complexity index is 333. The van der Waals surface area contributed by atoms with Gasteiger partial charge in [-0.1, -0.05) is 6.92 Å². The molecular formula is C13H23N3O. The molecule has 0 radical (unpaired) electrons. The maximum absolute atomic E-state index is 5.53. The molecule has 0 spiro atoms. The van der Waals surface area contributed by atoms with E-state index in [0.717, 1.165) is 31.0 Å². The summed E-state index contributed by atoms with van der Waals surface area (Å²) in [6, 6.07) is 2.30. The minimum Gasteiger partial charge on any atom is -0.380 e. The standard InChI is InChI=1S/C13H23N3O/c1-5-7-14-13(9-17-6-2)12-8-10(3)15-16-11(12)4/h8,13-14H,5-7,9H2,1-4H3. The maximum Gasteiger partial charge on any atom is 0.0662 e. The molecule has 0 amide bonds. The maximum atomic E-state index is 5.53. The van der Waals surface area contributed by atoms with E-state index in [1.54, 1.807) is 0 Å². The van der Waals surface area contributed by atoms with Crippen molar-refractivity contribution in [2.45, 2.75) is 40.2 Å². The fourth-order valence-electron chi connectivity index (χ4n) is 1.74. The predicted octanol–water partition coefficient (Wildman–Crippen LogP) is 2.17. The van der Waals surface area contributed by atoms with Gasteiger partial charge in [0.25, 0.3) is 0 Å². The summed E-state index contributed by atoms with van der Waals surface area (Å²) in [7, 11) is 0. The van der Waals surface area contributed by atoms with Crippen molar-refractivity contribution in [2.24, 2.45) is 0 Å². The number of nitrogens with one attached hydrogen (secondary N) is 1. The van der Waals surface area contributed by atoms with Gasteiger partial charge in [-0.05, 0) is 45.4 Å². The van der Waals surface area contributed by atoms with Gasteiger partial charge in [-0.25, -0.2) is 0 Å². The third kappa shape index (κ3) is 4.40. The van der Waals surface area contributed by atoms with Crippen molar-refractivity contribution in [2.75, 3.05) is 19.8 Å². The Morgan fingerprint density at radius 3 is 2.71 bits per heavy atom. The lowest BCUT2D eigenvalue weighted by molar-refractivity contribution is 0.122. The van der Waals surface area contributed by atoms with Gasteiger partial charge in [0.05, 0.1) is 24.0 Å². The Kier molecular flexibility index (Phi) is 6.08. The summed E-state index contributed by atoms with van der Waals surface area (Å²) in [4.78, 5) is 0. The van der Waals surface area contributed by atoms with E-state index in [4.69, 9.17) is 4.74 Å². The molecule has 1 aromatic rings. The van der Waals surface area contributed by atoms with Crippen molar-refractivity contribution >= 4 is 0 Å². The second-order valence-electron chi connectivity index (χ2n) is 4.19. The van der Waals surface area contributed by atoms with Crippen molar-refractivity contribution in [3.63, 3.8) is 0 Å². The first kappa shape index (κ1) is 14.1. The van der Waals surface area contributed by atoms with Crippen LogP contribution >= 0.6 is 0 Å². The van der Waals surface area contributed by atoms with Gasteiger partial charge in [-0.2, -0.15) is 10.2 Å². The van der Waals surface area contributed by atoms with E-state index in [2.05, 4.69) is 28.5 Å². The molecule has 1 unspecified atom stereocenters. The van der Waals surface area contributed by atoms with E-state index in [0.29, 0.717) is 6.61 Å². The minimum absolute atomic E-state index is 0.212. The minimum atomic E-state index is 0.212. The zero-order chi connectivity index (χ0) is 12.7. The lowest BCUT2D eigenvalue weighted by Crippen LogP contribution is -2.27. The van der Waals surface area contributed by atoms with E-state index in [9.17, 15) is 0 Å². The fourth-order valence-corrected chi connectivity index (χ4v) is 1.74. The van der Waals surface area contributed by atoms with Crippen LogP contribution in [0.5, 0.6) is 0 Å². The summed E-state index contributed by atoms with van der Waals surface area (Å²) in [5, 5.41) is 11.7. The lowest BCUT2D eigenvalue weighted by atomic mass is 10.1.